The third-order valence-corrected chi connectivity index (χ3v) is 2.46. The first kappa shape index (κ1) is 10.9. The molecule has 3 nitrogen and oxygen atoms in total. The van der Waals surface area contributed by atoms with Crippen molar-refractivity contribution in [3.05, 3.63) is 29.8 Å². The first-order chi connectivity index (χ1) is 6.63. The zero-order chi connectivity index (χ0) is 10.6. The number of hydrogen-bond acceptors (Lipinski definition) is 3. The molecule has 0 bridgehead atoms. The number of nitrogens with two attached hydrogens (primary N) is 1. The highest BCUT2D eigenvalue weighted by Gasteiger charge is 2.06. The minimum Gasteiger partial charge on any atom is -0.294 e. The molecule has 0 spiro atoms. The molecule has 1 rings (SSSR count). The van der Waals surface area contributed by atoms with E-state index in [2.05, 4.69) is 0 Å². The normalized spacial score (nSPS) is 9.93. The summed E-state index contributed by atoms with van der Waals surface area (Å²) < 4.78 is 25.4. The number of hydrazine groups is 1. The Morgan fingerprint density at radius 2 is 2.21 bits per heavy atom. The molecule has 0 aromatic heterocycles. The Kier molecular flexibility index (Phi) is 3.84. The number of carbonyl (C=O) groups excluding carboxylic acids is 1. The number of nitrogens with one attached hydrogen (secondary N) is 1. The van der Waals surface area contributed by atoms with Gasteiger partial charge >= 0.3 is 0 Å². The van der Waals surface area contributed by atoms with Gasteiger partial charge in [-0.05, 0) is 12.1 Å². The number of hydrogen-bond donors (Lipinski definition) is 2. The van der Waals surface area contributed by atoms with Crippen molar-refractivity contribution >= 4 is 17.7 Å². The number of amides is 1. The average Bonchev–Trinajstić information content (AvgIpc) is 2.16. The largest absolute Gasteiger partial charge is 0.294 e. The van der Waals surface area contributed by atoms with E-state index in [1.807, 2.05) is 5.43 Å². The third-order valence-electron chi connectivity index (χ3n) is 1.41. The van der Waals surface area contributed by atoms with Crippen molar-refractivity contribution in [1.29, 1.82) is 0 Å². The van der Waals surface area contributed by atoms with Gasteiger partial charge in [0, 0.05) is 11.0 Å². The zero-order valence-corrected chi connectivity index (χ0v) is 7.91. The van der Waals surface area contributed by atoms with Gasteiger partial charge in [0.15, 0.2) is 0 Å². The molecule has 0 saturated heterocycles. The topological polar surface area (TPSA) is 55.1 Å². The van der Waals surface area contributed by atoms with Gasteiger partial charge < -0.3 is 0 Å². The number of carbonyl (C=O) groups is 1. The van der Waals surface area contributed by atoms with Crippen molar-refractivity contribution in [3.63, 3.8) is 0 Å². The molecule has 76 valence electrons. The van der Waals surface area contributed by atoms with E-state index in [0.717, 1.165) is 23.9 Å². The van der Waals surface area contributed by atoms with Crippen LogP contribution in [0, 0.1) is 11.6 Å². The summed E-state index contributed by atoms with van der Waals surface area (Å²) in [5, 5.41) is 0. The number of rotatable bonds is 3. The number of benzene rings is 1. The maximum atomic E-state index is 13.0. The Morgan fingerprint density at radius 1 is 1.50 bits per heavy atom. The predicted molar refractivity (Wildman–Crippen MR) is 49.4 cm³/mol. The van der Waals surface area contributed by atoms with Gasteiger partial charge in [-0.25, -0.2) is 14.6 Å². The van der Waals surface area contributed by atoms with Crippen LogP contribution in [-0.2, 0) is 4.79 Å². The fraction of sp³-hybridized carbons (Fsp3) is 0.125. The molecule has 1 aromatic carbocycles. The van der Waals surface area contributed by atoms with E-state index in [0.29, 0.717) is 0 Å². The molecule has 0 aliphatic rings. The Balaban J connectivity index is 2.63. The quantitative estimate of drug-likeness (QED) is 0.345. The van der Waals surface area contributed by atoms with Crippen LogP contribution in [0.15, 0.2) is 23.1 Å². The van der Waals surface area contributed by atoms with Crippen LogP contribution in [0.25, 0.3) is 0 Å². The predicted octanol–water partition coefficient (Wildman–Crippen LogP) is 1.05. The Labute approximate surface area is 83.6 Å². The van der Waals surface area contributed by atoms with Crippen LogP contribution in [0.2, 0.25) is 0 Å². The van der Waals surface area contributed by atoms with Gasteiger partial charge in [-0.15, -0.1) is 11.8 Å². The number of halogens is 2. The molecular weight excluding hydrogens is 210 g/mol. The van der Waals surface area contributed by atoms with Crippen molar-refractivity contribution in [2.45, 2.75) is 4.90 Å². The maximum absolute atomic E-state index is 13.0. The smallest absolute Gasteiger partial charge is 0.244 e. The molecule has 3 N–H and O–H groups in total. The van der Waals surface area contributed by atoms with E-state index in [1.165, 1.54) is 6.07 Å². The third kappa shape index (κ3) is 2.97. The molecule has 14 heavy (non-hydrogen) atoms. The van der Waals surface area contributed by atoms with Crippen LogP contribution in [0.1, 0.15) is 0 Å². The van der Waals surface area contributed by atoms with Gasteiger partial charge in [0.25, 0.3) is 0 Å². The summed E-state index contributed by atoms with van der Waals surface area (Å²) in [5.41, 5.74) is 1.91. The van der Waals surface area contributed by atoms with Gasteiger partial charge in [-0.2, -0.15) is 0 Å². The Morgan fingerprint density at radius 3 is 2.79 bits per heavy atom. The van der Waals surface area contributed by atoms with Crippen molar-refractivity contribution < 1.29 is 13.6 Å². The van der Waals surface area contributed by atoms with E-state index < -0.39 is 17.5 Å². The van der Waals surface area contributed by atoms with Crippen LogP contribution < -0.4 is 11.3 Å². The van der Waals surface area contributed by atoms with Crippen LogP contribution >= 0.6 is 11.8 Å². The second kappa shape index (κ2) is 4.92. The van der Waals surface area contributed by atoms with E-state index in [-0.39, 0.29) is 10.6 Å². The van der Waals surface area contributed by atoms with Crippen LogP contribution in [0.4, 0.5) is 8.78 Å². The van der Waals surface area contributed by atoms with Gasteiger partial charge in [0.05, 0.1) is 5.75 Å². The Hall–Kier alpha value is -1.14. The fourth-order valence-electron chi connectivity index (χ4n) is 0.777. The van der Waals surface area contributed by atoms with Crippen LogP contribution in [-0.4, -0.2) is 11.7 Å². The molecule has 0 fully saturated rings. The minimum absolute atomic E-state index is 0.000940. The molecule has 0 aliphatic carbocycles. The van der Waals surface area contributed by atoms with Gasteiger partial charge in [0.1, 0.15) is 11.6 Å². The molecule has 0 unspecified atom stereocenters. The summed E-state index contributed by atoms with van der Waals surface area (Å²) >= 11 is 0.955. The highest BCUT2D eigenvalue weighted by Crippen LogP contribution is 2.21. The average molecular weight is 218 g/mol. The second-order valence-corrected chi connectivity index (χ2v) is 3.45. The monoisotopic (exact) mass is 218 g/mol. The van der Waals surface area contributed by atoms with E-state index >= 15 is 0 Å². The molecule has 0 radical (unpaired) electrons. The summed E-state index contributed by atoms with van der Waals surface area (Å²) in [6, 6.07) is 3.17. The molecule has 0 atom stereocenters. The number of thioether (sulfide) groups is 1. The van der Waals surface area contributed by atoms with Crippen LogP contribution in [0.3, 0.4) is 0 Å². The highest BCUT2D eigenvalue weighted by molar-refractivity contribution is 8.00. The SMILES string of the molecule is NNC(=O)CSc1ccc(F)cc1F. The first-order valence-corrected chi connectivity index (χ1v) is 4.69. The molecular formula is C8H8F2N2OS. The van der Waals surface area contributed by atoms with E-state index in [9.17, 15) is 13.6 Å². The summed E-state index contributed by atoms with van der Waals surface area (Å²) in [6.07, 6.45) is 0. The van der Waals surface area contributed by atoms with E-state index in [4.69, 9.17) is 5.84 Å². The molecule has 6 heteroatoms. The first-order valence-electron chi connectivity index (χ1n) is 3.71. The zero-order valence-electron chi connectivity index (χ0n) is 7.09. The van der Waals surface area contributed by atoms with Gasteiger partial charge in [-0.3, -0.25) is 10.2 Å². The summed E-state index contributed by atoms with van der Waals surface area (Å²) in [6.45, 7) is 0. The van der Waals surface area contributed by atoms with Crippen molar-refractivity contribution in [2.75, 3.05) is 5.75 Å². The summed E-state index contributed by atoms with van der Waals surface area (Å²) in [7, 11) is 0. The van der Waals surface area contributed by atoms with Gasteiger partial charge in [-0.1, -0.05) is 0 Å². The lowest BCUT2D eigenvalue weighted by molar-refractivity contribution is -0.118. The molecule has 0 heterocycles. The standard InChI is InChI=1S/C8H8F2N2OS/c9-5-1-2-7(6(10)3-5)14-4-8(13)12-11/h1-3H,4,11H2,(H,12,13). The molecule has 0 aliphatic heterocycles. The summed E-state index contributed by atoms with van der Waals surface area (Å²) in [4.78, 5) is 10.9. The molecule has 1 aromatic rings. The summed E-state index contributed by atoms with van der Waals surface area (Å²) in [5.74, 6) is 3.09. The maximum Gasteiger partial charge on any atom is 0.244 e. The lowest BCUT2D eigenvalue weighted by Gasteiger charge is -2.01. The molecule has 1 amide bonds. The van der Waals surface area contributed by atoms with Crippen molar-refractivity contribution in [2.24, 2.45) is 5.84 Å². The van der Waals surface area contributed by atoms with Crippen LogP contribution in [0.5, 0.6) is 0 Å². The minimum atomic E-state index is -0.681. The van der Waals surface area contributed by atoms with Gasteiger partial charge in [0.2, 0.25) is 5.91 Å². The highest BCUT2D eigenvalue weighted by atomic mass is 32.2. The van der Waals surface area contributed by atoms with Crippen molar-refractivity contribution in [1.82, 2.24) is 5.43 Å². The van der Waals surface area contributed by atoms with Crippen molar-refractivity contribution in [3.8, 4) is 0 Å². The Bertz CT molecular complexity index is 346. The lowest BCUT2D eigenvalue weighted by atomic mass is 10.3. The second-order valence-electron chi connectivity index (χ2n) is 2.43. The van der Waals surface area contributed by atoms with E-state index in [1.54, 1.807) is 0 Å². The fourth-order valence-corrected chi connectivity index (χ4v) is 1.51. The lowest BCUT2D eigenvalue weighted by Crippen LogP contribution is -2.31. The molecule has 0 saturated carbocycles.